The average molecular weight is 211 g/mol. The third-order valence-corrected chi connectivity index (χ3v) is 3.40. The maximum Gasteiger partial charge on any atom is 0.317 e. The van der Waals surface area contributed by atoms with Gasteiger partial charge in [0, 0.05) is 25.7 Å². The van der Waals surface area contributed by atoms with Crippen LogP contribution in [-0.2, 0) is 0 Å². The second-order valence-corrected chi connectivity index (χ2v) is 4.68. The van der Waals surface area contributed by atoms with Crippen LogP contribution in [0.1, 0.15) is 32.1 Å². The Morgan fingerprint density at radius 3 is 2.53 bits per heavy atom. The number of nitrogens with zero attached hydrogens (tertiary/aromatic N) is 1. The van der Waals surface area contributed by atoms with E-state index in [1.165, 1.54) is 19.3 Å². The Balaban J connectivity index is 1.78. The van der Waals surface area contributed by atoms with E-state index in [2.05, 4.69) is 5.32 Å². The normalized spacial score (nSPS) is 23.7. The number of piperidine rings is 1. The third kappa shape index (κ3) is 2.84. The van der Waals surface area contributed by atoms with Crippen LogP contribution in [-0.4, -0.2) is 36.6 Å². The summed E-state index contributed by atoms with van der Waals surface area (Å²) in [7, 11) is 0. The van der Waals surface area contributed by atoms with Crippen LogP contribution in [0.5, 0.6) is 0 Å². The van der Waals surface area contributed by atoms with E-state index in [-0.39, 0.29) is 12.1 Å². The van der Waals surface area contributed by atoms with Crippen LogP contribution in [0.25, 0.3) is 0 Å². The van der Waals surface area contributed by atoms with Crippen LogP contribution in [0.3, 0.4) is 0 Å². The summed E-state index contributed by atoms with van der Waals surface area (Å²) in [4.78, 5) is 13.8. The summed E-state index contributed by atoms with van der Waals surface area (Å²) in [5.74, 6) is 0.642. The number of nitrogens with two attached hydrogens (primary N) is 1. The lowest BCUT2D eigenvalue weighted by molar-refractivity contribution is 0.181. The van der Waals surface area contributed by atoms with Crippen LogP contribution >= 0.6 is 0 Å². The standard InChI is InChI=1S/C11H21N3O/c12-8-10(9-4-5-9)13-11(15)14-6-2-1-3-7-14/h9-10H,1-8,12H2,(H,13,15). The van der Waals surface area contributed by atoms with E-state index >= 15 is 0 Å². The van der Waals surface area contributed by atoms with E-state index in [1.54, 1.807) is 0 Å². The molecule has 0 bridgehead atoms. The van der Waals surface area contributed by atoms with Crippen LogP contribution in [0, 0.1) is 5.92 Å². The first kappa shape index (κ1) is 10.7. The first-order valence-electron chi connectivity index (χ1n) is 6.07. The van der Waals surface area contributed by atoms with Crippen molar-refractivity contribution in [3.8, 4) is 0 Å². The Bertz CT molecular complexity index is 222. The van der Waals surface area contributed by atoms with Gasteiger partial charge < -0.3 is 16.0 Å². The van der Waals surface area contributed by atoms with E-state index in [1.807, 2.05) is 4.90 Å². The summed E-state index contributed by atoms with van der Waals surface area (Å²) in [5, 5.41) is 3.06. The molecule has 86 valence electrons. The molecule has 2 fully saturated rings. The number of carbonyl (C=O) groups excluding carboxylic acids is 1. The van der Waals surface area contributed by atoms with Gasteiger partial charge in [-0.25, -0.2) is 4.79 Å². The summed E-state index contributed by atoms with van der Waals surface area (Å²) in [6, 6.07) is 0.302. The average Bonchev–Trinajstić information content (AvgIpc) is 3.10. The molecule has 1 atom stereocenters. The van der Waals surface area contributed by atoms with Gasteiger partial charge in [-0.3, -0.25) is 0 Å². The van der Waals surface area contributed by atoms with Crippen LogP contribution < -0.4 is 11.1 Å². The zero-order chi connectivity index (χ0) is 10.7. The zero-order valence-corrected chi connectivity index (χ0v) is 9.24. The van der Waals surface area contributed by atoms with Crippen molar-refractivity contribution in [1.82, 2.24) is 10.2 Å². The smallest absolute Gasteiger partial charge is 0.317 e. The number of rotatable bonds is 3. The second-order valence-electron chi connectivity index (χ2n) is 4.68. The number of hydrogen-bond donors (Lipinski definition) is 2. The summed E-state index contributed by atoms with van der Waals surface area (Å²) in [6.07, 6.45) is 5.99. The molecule has 2 amide bonds. The van der Waals surface area contributed by atoms with Gasteiger partial charge in [-0.1, -0.05) is 0 Å². The molecule has 4 nitrogen and oxygen atoms in total. The Kier molecular flexibility index (Phi) is 3.46. The molecule has 3 N–H and O–H groups in total. The molecule has 2 rings (SSSR count). The number of likely N-dealkylation sites (tertiary alicyclic amines) is 1. The van der Waals surface area contributed by atoms with E-state index in [4.69, 9.17) is 5.73 Å². The maximum absolute atomic E-state index is 11.9. The van der Waals surface area contributed by atoms with E-state index < -0.39 is 0 Å². The Hall–Kier alpha value is -0.770. The third-order valence-electron chi connectivity index (χ3n) is 3.40. The van der Waals surface area contributed by atoms with Crippen molar-refractivity contribution in [2.45, 2.75) is 38.1 Å². The summed E-state index contributed by atoms with van der Waals surface area (Å²) < 4.78 is 0. The molecular weight excluding hydrogens is 190 g/mol. The lowest BCUT2D eigenvalue weighted by Gasteiger charge is -2.29. The quantitative estimate of drug-likeness (QED) is 0.729. The minimum absolute atomic E-state index is 0.0945. The van der Waals surface area contributed by atoms with E-state index in [0.717, 1.165) is 25.9 Å². The summed E-state index contributed by atoms with van der Waals surface area (Å²) in [5.41, 5.74) is 5.66. The summed E-state index contributed by atoms with van der Waals surface area (Å²) in [6.45, 7) is 2.39. The Morgan fingerprint density at radius 2 is 2.00 bits per heavy atom. The predicted octanol–water partition coefficient (Wildman–Crippen LogP) is 0.919. The fourth-order valence-corrected chi connectivity index (χ4v) is 2.21. The molecule has 1 saturated heterocycles. The molecule has 0 aromatic carbocycles. The molecule has 1 unspecified atom stereocenters. The van der Waals surface area contributed by atoms with Gasteiger partial charge in [-0.15, -0.1) is 0 Å². The van der Waals surface area contributed by atoms with Gasteiger partial charge in [-0.05, 0) is 38.0 Å². The van der Waals surface area contributed by atoms with Crippen molar-refractivity contribution in [3.63, 3.8) is 0 Å². The molecule has 1 saturated carbocycles. The van der Waals surface area contributed by atoms with Gasteiger partial charge in [-0.2, -0.15) is 0 Å². The van der Waals surface area contributed by atoms with Gasteiger partial charge in [0.25, 0.3) is 0 Å². The molecule has 0 radical (unpaired) electrons. The lowest BCUT2D eigenvalue weighted by Crippen LogP contribution is -2.49. The van der Waals surface area contributed by atoms with Gasteiger partial charge >= 0.3 is 6.03 Å². The molecule has 0 spiro atoms. The van der Waals surface area contributed by atoms with Gasteiger partial charge in [0.15, 0.2) is 0 Å². The molecule has 1 aliphatic carbocycles. The SMILES string of the molecule is NCC(NC(=O)N1CCCCC1)C1CC1. The number of urea groups is 1. The highest BCUT2D eigenvalue weighted by Crippen LogP contribution is 2.32. The fraction of sp³-hybridized carbons (Fsp3) is 0.909. The molecule has 0 aromatic rings. The van der Waals surface area contributed by atoms with Crippen LogP contribution in [0.4, 0.5) is 4.79 Å². The molecular formula is C11H21N3O. The lowest BCUT2D eigenvalue weighted by atomic mass is 10.1. The summed E-state index contributed by atoms with van der Waals surface area (Å²) >= 11 is 0. The highest BCUT2D eigenvalue weighted by Gasteiger charge is 2.32. The van der Waals surface area contributed by atoms with Crippen molar-refractivity contribution in [2.24, 2.45) is 11.7 Å². The van der Waals surface area contributed by atoms with Crippen molar-refractivity contribution in [3.05, 3.63) is 0 Å². The predicted molar refractivity (Wildman–Crippen MR) is 59.5 cm³/mol. The van der Waals surface area contributed by atoms with E-state index in [0.29, 0.717) is 12.5 Å². The topological polar surface area (TPSA) is 58.4 Å². The first-order valence-corrected chi connectivity index (χ1v) is 6.07. The molecule has 2 aliphatic rings. The van der Waals surface area contributed by atoms with Gasteiger partial charge in [0.1, 0.15) is 0 Å². The fourth-order valence-electron chi connectivity index (χ4n) is 2.21. The second kappa shape index (κ2) is 4.84. The minimum Gasteiger partial charge on any atom is -0.334 e. The molecule has 0 aromatic heterocycles. The van der Waals surface area contributed by atoms with Crippen molar-refractivity contribution < 1.29 is 4.79 Å². The molecule has 15 heavy (non-hydrogen) atoms. The van der Waals surface area contributed by atoms with Gasteiger partial charge in [0.05, 0.1) is 0 Å². The number of carbonyl (C=O) groups is 1. The number of hydrogen-bond acceptors (Lipinski definition) is 2. The van der Waals surface area contributed by atoms with Gasteiger partial charge in [0.2, 0.25) is 0 Å². The number of amides is 2. The minimum atomic E-state index is 0.0945. The number of nitrogens with one attached hydrogen (secondary N) is 1. The van der Waals surface area contributed by atoms with Crippen molar-refractivity contribution in [1.29, 1.82) is 0 Å². The Labute approximate surface area is 91.2 Å². The highest BCUT2D eigenvalue weighted by atomic mass is 16.2. The van der Waals surface area contributed by atoms with Crippen molar-refractivity contribution >= 4 is 6.03 Å². The maximum atomic E-state index is 11.9. The van der Waals surface area contributed by atoms with Crippen molar-refractivity contribution in [2.75, 3.05) is 19.6 Å². The first-order chi connectivity index (χ1) is 7.31. The molecule has 1 aliphatic heterocycles. The molecule has 1 heterocycles. The monoisotopic (exact) mass is 211 g/mol. The Morgan fingerprint density at radius 1 is 1.33 bits per heavy atom. The van der Waals surface area contributed by atoms with Crippen LogP contribution in [0.15, 0.2) is 0 Å². The molecule has 4 heteroatoms. The highest BCUT2D eigenvalue weighted by molar-refractivity contribution is 5.74. The largest absolute Gasteiger partial charge is 0.334 e. The zero-order valence-electron chi connectivity index (χ0n) is 9.24. The van der Waals surface area contributed by atoms with E-state index in [9.17, 15) is 4.79 Å². The van der Waals surface area contributed by atoms with Crippen LogP contribution in [0.2, 0.25) is 0 Å².